The SMILES string of the molecule is Cc1cccc(-n2nc(C(C)(C)C)c3c(N)[nH]nc32)c1. The molecule has 0 amide bonds. The van der Waals surface area contributed by atoms with Crippen molar-refractivity contribution in [2.24, 2.45) is 0 Å². The van der Waals surface area contributed by atoms with Crippen molar-refractivity contribution >= 4 is 16.9 Å². The lowest BCUT2D eigenvalue weighted by atomic mass is 9.91. The molecule has 0 saturated carbocycles. The molecule has 0 aliphatic carbocycles. The van der Waals surface area contributed by atoms with Crippen molar-refractivity contribution in [1.82, 2.24) is 20.0 Å². The number of H-pyrrole nitrogens is 1. The van der Waals surface area contributed by atoms with Gasteiger partial charge >= 0.3 is 0 Å². The molecule has 2 aromatic heterocycles. The van der Waals surface area contributed by atoms with Gasteiger partial charge in [0.1, 0.15) is 5.82 Å². The molecule has 1 aromatic carbocycles. The quantitative estimate of drug-likeness (QED) is 0.713. The summed E-state index contributed by atoms with van der Waals surface area (Å²) >= 11 is 0. The van der Waals surface area contributed by atoms with E-state index in [4.69, 9.17) is 10.8 Å². The van der Waals surface area contributed by atoms with Gasteiger partial charge in [0.15, 0.2) is 5.65 Å². The summed E-state index contributed by atoms with van der Waals surface area (Å²) in [5.74, 6) is 0.573. The number of nitrogens with two attached hydrogens (primary N) is 1. The van der Waals surface area contributed by atoms with Gasteiger partial charge in [0, 0.05) is 5.41 Å². The molecule has 104 valence electrons. The number of nitrogens with zero attached hydrogens (tertiary/aromatic N) is 3. The molecule has 0 bridgehead atoms. The Kier molecular flexibility index (Phi) is 2.61. The fraction of sp³-hybridized carbons (Fsp3) is 0.333. The lowest BCUT2D eigenvalue weighted by molar-refractivity contribution is 0.564. The summed E-state index contributed by atoms with van der Waals surface area (Å²) in [6.45, 7) is 8.44. The van der Waals surface area contributed by atoms with Crippen molar-refractivity contribution < 1.29 is 0 Å². The Labute approximate surface area is 117 Å². The van der Waals surface area contributed by atoms with Crippen LogP contribution >= 0.6 is 0 Å². The van der Waals surface area contributed by atoms with E-state index >= 15 is 0 Å². The van der Waals surface area contributed by atoms with Gasteiger partial charge in [-0.3, -0.25) is 5.10 Å². The average molecular weight is 269 g/mol. The average Bonchev–Trinajstić information content (AvgIpc) is 2.90. The van der Waals surface area contributed by atoms with Crippen LogP contribution in [0.3, 0.4) is 0 Å². The first-order chi connectivity index (χ1) is 9.38. The van der Waals surface area contributed by atoms with Crippen molar-refractivity contribution in [1.29, 1.82) is 0 Å². The first kappa shape index (κ1) is 12.7. The molecule has 20 heavy (non-hydrogen) atoms. The number of nitrogen functional groups attached to an aromatic ring is 1. The van der Waals surface area contributed by atoms with Crippen molar-refractivity contribution in [3.05, 3.63) is 35.5 Å². The number of hydrogen-bond donors (Lipinski definition) is 2. The second kappa shape index (κ2) is 4.10. The Bertz CT molecular complexity index is 773. The molecular weight excluding hydrogens is 250 g/mol. The van der Waals surface area contributed by atoms with Crippen LogP contribution < -0.4 is 5.73 Å². The lowest BCUT2D eigenvalue weighted by Crippen LogP contribution is -2.13. The van der Waals surface area contributed by atoms with E-state index in [0.717, 1.165) is 22.4 Å². The molecule has 0 spiro atoms. The molecule has 0 saturated heterocycles. The van der Waals surface area contributed by atoms with Gasteiger partial charge in [-0.2, -0.15) is 10.2 Å². The lowest BCUT2D eigenvalue weighted by Gasteiger charge is -2.15. The van der Waals surface area contributed by atoms with Gasteiger partial charge in [-0.25, -0.2) is 4.68 Å². The molecule has 0 unspecified atom stereocenters. The van der Waals surface area contributed by atoms with Crippen LogP contribution in [0.2, 0.25) is 0 Å². The minimum atomic E-state index is -0.0919. The number of aromatic amines is 1. The van der Waals surface area contributed by atoms with Crippen molar-refractivity contribution in [3.8, 4) is 5.69 Å². The minimum absolute atomic E-state index is 0.0919. The number of aromatic nitrogens is 4. The molecule has 0 atom stereocenters. The molecule has 5 nitrogen and oxygen atoms in total. The second-order valence-corrected chi connectivity index (χ2v) is 6.19. The van der Waals surface area contributed by atoms with Crippen LogP contribution in [-0.4, -0.2) is 20.0 Å². The smallest absolute Gasteiger partial charge is 0.186 e. The fourth-order valence-corrected chi connectivity index (χ4v) is 2.39. The third-order valence-electron chi connectivity index (χ3n) is 3.37. The number of rotatable bonds is 1. The van der Waals surface area contributed by atoms with E-state index in [1.165, 1.54) is 5.56 Å². The van der Waals surface area contributed by atoms with E-state index in [2.05, 4.69) is 50.0 Å². The molecule has 3 aromatic rings. The zero-order chi connectivity index (χ0) is 14.5. The number of fused-ring (bicyclic) bond motifs is 1. The highest BCUT2D eigenvalue weighted by Crippen LogP contribution is 2.32. The molecule has 2 heterocycles. The van der Waals surface area contributed by atoms with Gasteiger partial charge in [-0.05, 0) is 24.6 Å². The van der Waals surface area contributed by atoms with Gasteiger partial charge < -0.3 is 5.73 Å². The monoisotopic (exact) mass is 269 g/mol. The maximum atomic E-state index is 6.02. The number of benzene rings is 1. The molecule has 3 N–H and O–H groups in total. The fourth-order valence-electron chi connectivity index (χ4n) is 2.39. The summed E-state index contributed by atoms with van der Waals surface area (Å²) in [6, 6.07) is 8.19. The largest absolute Gasteiger partial charge is 0.383 e. The van der Waals surface area contributed by atoms with E-state index in [1.54, 1.807) is 0 Å². The predicted molar refractivity (Wildman–Crippen MR) is 81.1 cm³/mol. The van der Waals surface area contributed by atoms with E-state index < -0.39 is 0 Å². The normalized spacial score (nSPS) is 12.2. The summed E-state index contributed by atoms with van der Waals surface area (Å²) in [6.07, 6.45) is 0. The predicted octanol–water partition coefficient (Wildman–Crippen LogP) is 2.94. The van der Waals surface area contributed by atoms with Crippen molar-refractivity contribution in [2.75, 3.05) is 5.73 Å². The Morgan fingerprint density at radius 1 is 1.25 bits per heavy atom. The molecule has 3 rings (SSSR count). The third kappa shape index (κ3) is 1.86. The van der Waals surface area contributed by atoms with Crippen LogP contribution in [0.4, 0.5) is 5.82 Å². The standard InChI is InChI=1S/C15H19N5/c1-9-6-5-7-10(8-9)20-14-11(13(16)17-18-14)12(19-20)15(2,3)4/h5-8H,1-4H3,(H3,16,17,18). The number of hydrogen-bond acceptors (Lipinski definition) is 3. The van der Waals surface area contributed by atoms with Crippen LogP contribution in [0.5, 0.6) is 0 Å². The van der Waals surface area contributed by atoms with E-state index in [9.17, 15) is 0 Å². The maximum Gasteiger partial charge on any atom is 0.186 e. The highest BCUT2D eigenvalue weighted by Gasteiger charge is 2.26. The number of nitrogens with one attached hydrogen (secondary N) is 1. The van der Waals surface area contributed by atoms with Gasteiger partial charge in [0.05, 0.1) is 16.8 Å². The first-order valence-corrected chi connectivity index (χ1v) is 6.68. The van der Waals surface area contributed by atoms with Crippen LogP contribution in [-0.2, 0) is 5.41 Å². The first-order valence-electron chi connectivity index (χ1n) is 6.68. The van der Waals surface area contributed by atoms with Gasteiger partial charge in [0.2, 0.25) is 0 Å². The molecule has 5 heteroatoms. The van der Waals surface area contributed by atoms with E-state index in [-0.39, 0.29) is 5.41 Å². The summed E-state index contributed by atoms with van der Waals surface area (Å²) in [5.41, 5.74) is 9.85. The highest BCUT2D eigenvalue weighted by molar-refractivity contribution is 5.90. The van der Waals surface area contributed by atoms with E-state index in [0.29, 0.717) is 5.82 Å². The number of anilines is 1. The van der Waals surface area contributed by atoms with Crippen molar-refractivity contribution in [2.45, 2.75) is 33.1 Å². The summed E-state index contributed by atoms with van der Waals surface area (Å²) < 4.78 is 1.86. The van der Waals surface area contributed by atoms with Gasteiger partial charge in [0.25, 0.3) is 0 Å². The molecule has 0 aliphatic heterocycles. The minimum Gasteiger partial charge on any atom is -0.383 e. The Morgan fingerprint density at radius 2 is 2.00 bits per heavy atom. The molecule has 0 radical (unpaired) electrons. The molecule has 0 aliphatic rings. The molecular formula is C15H19N5. The summed E-state index contributed by atoms with van der Waals surface area (Å²) in [4.78, 5) is 0. The second-order valence-electron chi connectivity index (χ2n) is 6.19. The third-order valence-corrected chi connectivity index (χ3v) is 3.37. The Balaban J connectivity index is 2.33. The maximum absolute atomic E-state index is 6.02. The summed E-state index contributed by atoms with van der Waals surface area (Å²) in [7, 11) is 0. The zero-order valence-electron chi connectivity index (χ0n) is 12.2. The van der Waals surface area contributed by atoms with Crippen LogP contribution in [0.25, 0.3) is 16.7 Å². The Morgan fingerprint density at radius 3 is 2.65 bits per heavy atom. The summed E-state index contributed by atoms with van der Waals surface area (Å²) in [5, 5.41) is 12.8. The number of aryl methyl sites for hydroxylation is 1. The highest BCUT2D eigenvalue weighted by atomic mass is 15.4. The van der Waals surface area contributed by atoms with E-state index in [1.807, 2.05) is 16.8 Å². The van der Waals surface area contributed by atoms with Crippen LogP contribution in [0.1, 0.15) is 32.0 Å². The van der Waals surface area contributed by atoms with Crippen molar-refractivity contribution in [3.63, 3.8) is 0 Å². The van der Waals surface area contributed by atoms with Crippen LogP contribution in [0.15, 0.2) is 24.3 Å². The van der Waals surface area contributed by atoms with Crippen LogP contribution in [0, 0.1) is 6.92 Å². The van der Waals surface area contributed by atoms with Gasteiger partial charge in [-0.1, -0.05) is 32.9 Å². The topological polar surface area (TPSA) is 72.5 Å². The van der Waals surface area contributed by atoms with Gasteiger partial charge in [-0.15, -0.1) is 0 Å². The molecule has 0 fully saturated rings. The zero-order valence-corrected chi connectivity index (χ0v) is 12.2. The Hall–Kier alpha value is -2.30.